The fourth-order valence-corrected chi connectivity index (χ4v) is 2.14. The van der Waals surface area contributed by atoms with E-state index in [0.29, 0.717) is 28.4 Å². The predicted molar refractivity (Wildman–Crippen MR) is 83.9 cm³/mol. The van der Waals surface area contributed by atoms with Crippen molar-refractivity contribution in [3.8, 4) is 5.75 Å². The Balaban J connectivity index is 1.67. The second-order valence-corrected chi connectivity index (χ2v) is 5.12. The molecule has 118 valence electrons. The first-order chi connectivity index (χ1) is 11.0. The van der Waals surface area contributed by atoms with Gasteiger partial charge in [0.15, 0.2) is 17.6 Å². The van der Waals surface area contributed by atoms with Crippen LogP contribution in [0.2, 0.25) is 0 Å². The van der Waals surface area contributed by atoms with Gasteiger partial charge in [0.05, 0.1) is 0 Å². The molecule has 0 radical (unpaired) electrons. The topological polar surface area (TPSA) is 64.4 Å². The van der Waals surface area contributed by atoms with Crippen LogP contribution in [0.15, 0.2) is 46.9 Å². The van der Waals surface area contributed by atoms with Gasteiger partial charge in [0.1, 0.15) is 17.1 Å². The molecular weight excluding hydrogens is 299 g/mol. The summed E-state index contributed by atoms with van der Waals surface area (Å²) in [6, 6.07) is 10.7. The number of hydrogen-bond donors (Lipinski definition) is 1. The molecule has 1 atom stereocenters. The van der Waals surface area contributed by atoms with Crippen LogP contribution in [0.5, 0.6) is 5.75 Å². The van der Waals surface area contributed by atoms with Crippen LogP contribution in [0.1, 0.15) is 12.8 Å². The number of amides is 1. The van der Waals surface area contributed by atoms with E-state index in [4.69, 9.17) is 9.15 Å². The highest BCUT2D eigenvalue weighted by Crippen LogP contribution is 2.20. The Hall–Kier alpha value is -2.89. The van der Waals surface area contributed by atoms with Crippen LogP contribution in [0.3, 0.4) is 0 Å². The van der Waals surface area contributed by atoms with Crippen LogP contribution < -0.4 is 10.1 Å². The second kappa shape index (κ2) is 6.08. The van der Waals surface area contributed by atoms with Gasteiger partial charge in [-0.25, -0.2) is 9.37 Å². The fraction of sp³-hybridized carbons (Fsp3) is 0.176. The molecular formula is C17H15FN2O3. The molecule has 0 aliphatic carbocycles. The number of benzene rings is 2. The molecule has 23 heavy (non-hydrogen) atoms. The van der Waals surface area contributed by atoms with Crippen molar-refractivity contribution in [2.24, 2.45) is 0 Å². The number of carbonyl (C=O) groups excluding carboxylic acids is 1. The minimum Gasteiger partial charge on any atom is -0.481 e. The number of aryl methyl sites for hydroxylation is 1. The highest BCUT2D eigenvalue weighted by Gasteiger charge is 2.15. The van der Waals surface area contributed by atoms with E-state index in [1.54, 1.807) is 32.0 Å². The average molecular weight is 314 g/mol. The minimum absolute atomic E-state index is 0.311. The Bertz CT molecular complexity index is 843. The lowest BCUT2D eigenvalue weighted by atomic mass is 10.2. The summed E-state index contributed by atoms with van der Waals surface area (Å²) in [5.74, 6) is 0.327. The van der Waals surface area contributed by atoms with E-state index in [2.05, 4.69) is 10.3 Å². The number of rotatable bonds is 4. The molecule has 5 nitrogen and oxygen atoms in total. The highest BCUT2D eigenvalue weighted by molar-refractivity contribution is 5.95. The standard InChI is InChI=1S/C17H15FN2O3/c1-10(22-14-6-3-12(18)4-7-14)17(21)20-13-5-8-16-15(9-13)19-11(2)23-16/h3-10H,1-2H3,(H,20,21)/t10-/m1/s1. The number of hydrogen-bond acceptors (Lipinski definition) is 4. The SMILES string of the molecule is Cc1nc2cc(NC(=O)[C@@H](C)Oc3ccc(F)cc3)ccc2o1. The number of nitrogens with zero attached hydrogens (tertiary/aromatic N) is 1. The van der Waals surface area contributed by atoms with Gasteiger partial charge in [0.2, 0.25) is 0 Å². The molecule has 6 heteroatoms. The number of nitrogens with one attached hydrogen (secondary N) is 1. The van der Waals surface area contributed by atoms with E-state index in [9.17, 15) is 9.18 Å². The molecule has 0 fully saturated rings. The first kappa shape index (κ1) is 15.0. The number of oxazole rings is 1. The van der Waals surface area contributed by atoms with E-state index in [1.165, 1.54) is 24.3 Å². The van der Waals surface area contributed by atoms with E-state index < -0.39 is 6.10 Å². The summed E-state index contributed by atoms with van der Waals surface area (Å²) < 4.78 is 23.7. The van der Waals surface area contributed by atoms with Gasteiger partial charge in [-0.3, -0.25) is 4.79 Å². The molecule has 3 rings (SSSR count). The molecule has 1 N–H and O–H groups in total. The van der Waals surface area contributed by atoms with Crippen molar-refractivity contribution in [2.75, 3.05) is 5.32 Å². The molecule has 1 aromatic heterocycles. The number of anilines is 1. The summed E-state index contributed by atoms with van der Waals surface area (Å²) in [5.41, 5.74) is 1.94. The number of ether oxygens (including phenoxy) is 1. The van der Waals surface area contributed by atoms with Crippen LogP contribution in [0.4, 0.5) is 10.1 Å². The fourth-order valence-electron chi connectivity index (χ4n) is 2.14. The molecule has 2 aromatic carbocycles. The van der Waals surface area contributed by atoms with E-state index in [0.717, 1.165) is 0 Å². The molecule has 1 amide bonds. The summed E-state index contributed by atoms with van der Waals surface area (Å²) in [5, 5.41) is 2.76. The van der Waals surface area contributed by atoms with Crippen molar-refractivity contribution in [1.29, 1.82) is 0 Å². The quantitative estimate of drug-likeness (QED) is 0.798. The summed E-state index contributed by atoms with van der Waals surface area (Å²) in [7, 11) is 0. The number of aromatic nitrogens is 1. The van der Waals surface area contributed by atoms with Gasteiger partial charge < -0.3 is 14.5 Å². The zero-order valence-corrected chi connectivity index (χ0v) is 12.7. The Morgan fingerprint density at radius 1 is 1.26 bits per heavy atom. The van der Waals surface area contributed by atoms with E-state index in [1.807, 2.05) is 0 Å². The zero-order chi connectivity index (χ0) is 16.4. The van der Waals surface area contributed by atoms with Crippen LogP contribution in [0.25, 0.3) is 11.1 Å². The number of carbonyl (C=O) groups is 1. The van der Waals surface area contributed by atoms with Crippen LogP contribution in [-0.4, -0.2) is 17.0 Å². The molecule has 0 bridgehead atoms. The van der Waals surface area contributed by atoms with Gasteiger partial charge in [0.25, 0.3) is 5.91 Å². The minimum atomic E-state index is -0.727. The van der Waals surface area contributed by atoms with Gasteiger partial charge in [-0.1, -0.05) is 0 Å². The lowest BCUT2D eigenvalue weighted by Crippen LogP contribution is -2.30. The van der Waals surface area contributed by atoms with Crippen molar-refractivity contribution in [2.45, 2.75) is 20.0 Å². The van der Waals surface area contributed by atoms with Crippen molar-refractivity contribution in [3.63, 3.8) is 0 Å². The predicted octanol–water partition coefficient (Wildman–Crippen LogP) is 3.68. The second-order valence-electron chi connectivity index (χ2n) is 5.12. The molecule has 0 saturated heterocycles. The third-order valence-corrected chi connectivity index (χ3v) is 3.26. The third kappa shape index (κ3) is 3.48. The van der Waals surface area contributed by atoms with Gasteiger partial charge in [-0.05, 0) is 49.4 Å². The Kier molecular flexibility index (Phi) is 3.97. The van der Waals surface area contributed by atoms with Crippen LogP contribution in [0, 0.1) is 12.7 Å². The normalized spacial score (nSPS) is 12.1. The van der Waals surface area contributed by atoms with Crippen molar-refractivity contribution < 1.29 is 18.3 Å². The van der Waals surface area contributed by atoms with E-state index >= 15 is 0 Å². The summed E-state index contributed by atoms with van der Waals surface area (Å²) >= 11 is 0. The third-order valence-electron chi connectivity index (χ3n) is 3.26. The molecule has 0 aliphatic heterocycles. The summed E-state index contributed by atoms with van der Waals surface area (Å²) in [6.45, 7) is 3.38. The maximum Gasteiger partial charge on any atom is 0.265 e. The monoisotopic (exact) mass is 314 g/mol. The zero-order valence-electron chi connectivity index (χ0n) is 12.7. The van der Waals surface area contributed by atoms with Gasteiger partial charge >= 0.3 is 0 Å². The Morgan fingerprint density at radius 2 is 2.00 bits per heavy atom. The molecule has 0 spiro atoms. The molecule has 0 aliphatic rings. The van der Waals surface area contributed by atoms with Gasteiger partial charge in [0, 0.05) is 12.6 Å². The Morgan fingerprint density at radius 3 is 2.74 bits per heavy atom. The first-order valence-corrected chi connectivity index (χ1v) is 7.11. The maximum absolute atomic E-state index is 12.9. The molecule has 0 unspecified atom stereocenters. The molecule has 0 saturated carbocycles. The van der Waals surface area contributed by atoms with Crippen LogP contribution >= 0.6 is 0 Å². The lowest BCUT2D eigenvalue weighted by molar-refractivity contribution is -0.122. The average Bonchev–Trinajstić information content (AvgIpc) is 2.88. The molecule has 1 heterocycles. The van der Waals surface area contributed by atoms with Gasteiger partial charge in [-0.15, -0.1) is 0 Å². The smallest absolute Gasteiger partial charge is 0.265 e. The number of fused-ring (bicyclic) bond motifs is 1. The maximum atomic E-state index is 12.9. The summed E-state index contributed by atoms with van der Waals surface area (Å²) in [6.07, 6.45) is -0.727. The summed E-state index contributed by atoms with van der Waals surface area (Å²) in [4.78, 5) is 16.4. The Labute approximate surface area is 132 Å². The highest BCUT2D eigenvalue weighted by atomic mass is 19.1. The van der Waals surface area contributed by atoms with Crippen molar-refractivity contribution in [1.82, 2.24) is 4.98 Å². The van der Waals surface area contributed by atoms with Crippen molar-refractivity contribution in [3.05, 3.63) is 54.2 Å². The molecule has 3 aromatic rings. The van der Waals surface area contributed by atoms with Crippen molar-refractivity contribution >= 4 is 22.7 Å². The largest absolute Gasteiger partial charge is 0.481 e. The lowest BCUT2D eigenvalue weighted by Gasteiger charge is -2.14. The first-order valence-electron chi connectivity index (χ1n) is 7.11. The number of halogens is 1. The van der Waals surface area contributed by atoms with Crippen LogP contribution in [-0.2, 0) is 4.79 Å². The van der Waals surface area contributed by atoms with E-state index in [-0.39, 0.29) is 11.7 Å². The van der Waals surface area contributed by atoms with Gasteiger partial charge in [-0.2, -0.15) is 0 Å².